The maximum Gasteiger partial charge on any atom is 0.326 e. The molecule has 202 valence electrons. The molecule has 1 aliphatic heterocycles. The number of nitrogens with zero attached hydrogens (tertiary/aromatic N) is 1. The van der Waals surface area contributed by atoms with Gasteiger partial charge in [-0.1, -0.05) is 45.9 Å². The zero-order valence-electron chi connectivity index (χ0n) is 22.0. The second-order valence-corrected chi connectivity index (χ2v) is 10.6. The minimum absolute atomic E-state index is 0.0734. The first-order chi connectivity index (χ1) is 17.5. The number of hydrogen-bond donors (Lipinski definition) is 5. The lowest BCUT2D eigenvalue weighted by atomic mass is 10.00. The Morgan fingerprint density at radius 1 is 1.14 bits per heavy atom. The molecule has 0 bridgehead atoms. The largest absolute Gasteiger partial charge is 0.480 e. The topological polar surface area (TPSA) is 158 Å². The molecule has 10 nitrogen and oxygen atoms in total. The van der Waals surface area contributed by atoms with E-state index in [-0.39, 0.29) is 17.7 Å². The highest BCUT2D eigenvalue weighted by Crippen LogP contribution is 2.22. The molecule has 2 heterocycles. The summed E-state index contributed by atoms with van der Waals surface area (Å²) in [6.07, 6.45) is 3.64. The van der Waals surface area contributed by atoms with Gasteiger partial charge in [-0.05, 0) is 49.1 Å². The average molecular weight is 514 g/mol. The number of likely N-dealkylation sites (tertiary alicyclic amines) is 1. The molecule has 1 aromatic heterocycles. The number of fused-ring (bicyclic) bond motifs is 1. The molecule has 37 heavy (non-hydrogen) atoms. The molecule has 10 heteroatoms. The van der Waals surface area contributed by atoms with Crippen molar-refractivity contribution in [2.75, 3.05) is 6.54 Å². The van der Waals surface area contributed by atoms with Gasteiger partial charge in [0.05, 0.1) is 6.04 Å². The Balaban J connectivity index is 1.68. The van der Waals surface area contributed by atoms with Crippen LogP contribution in [-0.2, 0) is 25.6 Å². The van der Waals surface area contributed by atoms with Crippen LogP contribution in [0.5, 0.6) is 0 Å². The fraction of sp³-hybridized carbons (Fsp3) is 0.556. The SMILES string of the molecule is CC(C)CC(NC(=O)C1CCCN1C(=O)C(N)Cc1c[nH]c2ccccc12)C(=O)NC(C(=O)O)C(C)C. The van der Waals surface area contributed by atoms with E-state index >= 15 is 0 Å². The number of aliphatic carboxylic acids is 1. The summed E-state index contributed by atoms with van der Waals surface area (Å²) in [6, 6.07) is 4.26. The first-order valence-corrected chi connectivity index (χ1v) is 12.9. The molecule has 0 aliphatic carbocycles. The van der Waals surface area contributed by atoms with Crippen molar-refractivity contribution in [1.82, 2.24) is 20.5 Å². The average Bonchev–Trinajstić information content (AvgIpc) is 3.48. The van der Waals surface area contributed by atoms with Crippen molar-refractivity contribution >= 4 is 34.6 Å². The summed E-state index contributed by atoms with van der Waals surface area (Å²) in [4.78, 5) is 55.8. The number of nitrogens with one attached hydrogen (secondary N) is 3. The number of aromatic amines is 1. The van der Waals surface area contributed by atoms with Crippen molar-refractivity contribution in [2.24, 2.45) is 17.6 Å². The number of carbonyl (C=O) groups is 4. The van der Waals surface area contributed by atoms with E-state index in [9.17, 15) is 24.3 Å². The number of nitrogens with two attached hydrogens (primary N) is 1. The van der Waals surface area contributed by atoms with Crippen molar-refractivity contribution < 1.29 is 24.3 Å². The van der Waals surface area contributed by atoms with Gasteiger partial charge in [0.25, 0.3) is 0 Å². The quantitative estimate of drug-likeness (QED) is 0.308. The number of carbonyl (C=O) groups excluding carboxylic acids is 3. The Morgan fingerprint density at radius 3 is 2.49 bits per heavy atom. The number of hydrogen-bond acceptors (Lipinski definition) is 5. The molecule has 3 amide bonds. The summed E-state index contributed by atoms with van der Waals surface area (Å²) in [6.45, 7) is 7.65. The van der Waals surface area contributed by atoms with Crippen LogP contribution in [0, 0.1) is 11.8 Å². The van der Waals surface area contributed by atoms with Crippen LogP contribution >= 0.6 is 0 Å². The maximum atomic E-state index is 13.3. The van der Waals surface area contributed by atoms with Crippen molar-refractivity contribution in [3.63, 3.8) is 0 Å². The van der Waals surface area contributed by atoms with Crippen LogP contribution in [0.3, 0.4) is 0 Å². The molecule has 1 aromatic carbocycles. The van der Waals surface area contributed by atoms with Crippen molar-refractivity contribution in [1.29, 1.82) is 0 Å². The maximum absolute atomic E-state index is 13.3. The van der Waals surface area contributed by atoms with Gasteiger partial charge in [0.1, 0.15) is 18.1 Å². The smallest absolute Gasteiger partial charge is 0.326 e. The molecular formula is C27H39N5O5. The molecule has 3 rings (SSSR count). The predicted octanol–water partition coefficient (Wildman–Crippen LogP) is 1.79. The standard InChI is InChI=1S/C27H39N5O5/c1-15(2)12-21(24(33)31-23(16(3)4)27(36)37)30-25(34)22-10-7-11-32(22)26(35)19(28)13-17-14-29-20-9-6-5-8-18(17)20/h5-6,8-9,14-16,19,21-23,29H,7,10-13,28H2,1-4H3,(H,30,34)(H,31,33)(H,36,37). The molecule has 1 saturated heterocycles. The molecule has 6 N–H and O–H groups in total. The van der Waals surface area contributed by atoms with Gasteiger partial charge >= 0.3 is 5.97 Å². The third kappa shape index (κ3) is 6.88. The van der Waals surface area contributed by atoms with Gasteiger partial charge in [-0.15, -0.1) is 0 Å². The van der Waals surface area contributed by atoms with Crippen molar-refractivity contribution in [3.05, 3.63) is 36.0 Å². The minimum atomic E-state index is -1.13. The van der Waals surface area contributed by atoms with Crippen LogP contribution < -0.4 is 16.4 Å². The summed E-state index contributed by atoms with van der Waals surface area (Å²) in [5, 5.41) is 15.8. The summed E-state index contributed by atoms with van der Waals surface area (Å²) < 4.78 is 0. The number of carboxylic acids is 1. The Morgan fingerprint density at radius 2 is 1.84 bits per heavy atom. The van der Waals surface area contributed by atoms with Crippen LogP contribution in [-0.4, -0.2) is 69.4 Å². The first kappa shape index (κ1) is 28.2. The van der Waals surface area contributed by atoms with Crippen LogP contribution in [0.4, 0.5) is 0 Å². The Bertz CT molecular complexity index is 1130. The van der Waals surface area contributed by atoms with E-state index in [1.807, 2.05) is 44.3 Å². The van der Waals surface area contributed by atoms with Crippen molar-refractivity contribution in [3.8, 4) is 0 Å². The molecule has 4 unspecified atom stereocenters. The second-order valence-electron chi connectivity index (χ2n) is 10.6. The van der Waals surface area contributed by atoms with Gasteiger partial charge < -0.3 is 31.4 Å². The number of aromatic nitrogens is 1. The van der Waals surface area contributed by atoms with E-state index in [1.165, 1.54) is 4.90 Å². The van der Waals surface area contributed by atoms with Crippen LogP contribution in [0.2, 0.25) is 0 Å². The molecule has 0 saturated carbocycles. The normalized spacial score (nSPS) is 18.1. The summed E-state index contributed by atoms with van der Waals surface area (Å²) >= 11 is 0. The highest BCUT2D eigenvalue weighted by Gasteiger charge is 2.38. The van der Waals surface area contributed by atoms with E-state index in [2.05, 4.69) is 15.6 Å². The number of carboxylic acid groups (broad SMARTS) is 1. The molecule has 1 aliphatic rings. The van der Waals surface area contributed by atoms with Gasteiger partial charge in [0, 0.05) is 23.6 Å². The van der Waals surface area contributed by atoms with Gasteiger partial charge in [-0.2, -0.15) is 0 Å². The van der Waals surface area contributed by atoms with Crippen LogP contribution in [0.1, 0.15) is 52.5 Å². The Labute approximate surface area is 217 Å². The lowest BCUT2D eigenvalue weighted by Gasteiger charge is -2.29. The Kier molecular flexibility index (Phi) is 9.31. The third-order valence-electron chi connectivity index (χ3n) is 6.84. The van der Waals surface area contributed by atoms with E-state index in [4.69, 9.17) is 5.73 Å². The zero-order valence-corrected chi connectivity index (χ0v) is 22.0. The molecule has 2 aromatic rings. The fourth-order valence-corrected chi connectivity index (χ4v) is 4.88. The summed E-state index contributed by atoms with van der Waals surface area (Å²) in [5.74, 6) is -2.66. The lowest BCUT2D eigenvalue weighted by Crippen LogP contribution is -2.57. The number of rotatable bonds is 11. The number of amides is 3. The summed E-state index contributed by atoms with van der Waals surface area (Å²) in [5.41, 5.74) is 8.21. The lowest BCUT2D eigenvalue weighted by molar-refractivity contribution is -0.144. The minimum Gasteiger partial charge on any atom is -0.480 e. The first-order valence-electron chi connectivity index (χ1n) is 12.9. The number of para-hydroxylation sites is 1. The van der Waals surface area contributed by atoms with E-state index < -0.39 is 42.0 Å². The highest BCUT2D eigenvalue weighted by atomic mass is 16.4. The molecular weight excluding hydrogens is 474 g/mol. The fourth-order valence-electron chi connectivity index (χ4n) is 4.88. The molecule has 4 atom stereocenters. The monoisotopic (exact) mass is 513 g/mol. The highest BCUT2D eigenvalue weighted by molar-refractivity contribution is 5.94. The van der Waals surface area contributed by atoms with E-state index in [0.29, 0.717) is 32.2 Å². The predicted molar refractivity (Wildman–Crippen MR) is 141 cm³/mol. The third-order valence-corrected chi connectivity index (χ3v) is 6.84. The van der Waals surface area contributed by atoms with Gasteiger partial charge in [-0.3, -0.25) is 14.4 Å². The van der Waals surface area contributed by atoms with Gasteiger partial charge in [-0.25, -0.2) is 4.79 Å². The van der Waals surface area contributed by atoms with Gasteiger partial charge in [0.2, 0.25) is 17.7 Å². The Hall–Kier alpha value is -3.40. The summed E-state index contributed by atoms with van der Waals surface area (Å²) in [7, 11) is 0. The van der Waals surface area contributed by atoms with Gasteiger partial charge in [0.15, 0.2) is 0 Å². The molecule has 1 fully saturated rings. The zero-order chi connectivity index (χ0) is 27.3. The number of benzene rings is 1. The molecule has 0 spiro atoms. The molecule has 0 radical (unpaired) electrons. The number of H-pyrrole nitrogens is 1. The second kappa shape index (κ2) is 12.2. The van der Waals surface area contributed by atoms with E-state index in [1.54, 1.807) is 13.8 Å². The van der Waals surface area contributed by atoms with Crippen LogP contribution in [0.25, 0.3) is 10.9 Å². The van der Waals surface area contributed by atoms with Crippen LogP contribution in [0.15, 0.2) is 30.5 Å². The van der Waals surface area contributed by atoms with Crippen molar-refractivity contribution in [2.45, 2.75) is 77.5 Å². The van der Waals surface area contributed by atoms with E-state index in [0.717, 1.165) is 16.5 Å².